The molecule has 0 spiro atoms. The third kappa shape index (κ3) is 7.36. The fourth-order valence-corrected chi connectivity index (χ4v) is 4.97. The van der Waals surface area contributed by atoms with E-state index in [0.717, 1.165) is 63.6 Å². The van der Waals surface area contributed by atoms with Crippen LogP contribution in [0, 0.1) is 0 Å². The predicted molar refractivity (Wildman–Crippen MR) is 155 cm³/mol. The second-order valence-corrected chi connectivity index (χ2v) is 9.87. The summed E-state index contributed by atoms with van der Waals surface area (Å²) in [6, 6.07) is 23.9. The van der Waals surface area contributed by atoms with E-state index in [0.29, 0.717) is 5.56 Å². The number of anilines is 2. The fraction of sp³-hybridized carbons (Fsp3) is 0.406. The smallest absolute Gasteiger partial charge is 0.255 e. The molecule has 0 aromatic heterocycles. The first-order chi connectivity index (χ1) is 18.6. The number of nitrogens with zero attached hydrogens (tertiary/aromatic N) is 2. The van der Waals surface area contributed by atoms with Gasteiger partial charge in [0.05, 0.1) is 19.8 Å². The van der Waals surface area contributed by atoms with Gasteiger partial charge in [0.2, 0.25) is 0 Å². The van der Waals surface area contributed by atoms with Gasteiger partial charge < -0.3 is 19.7 Å². The van der Waals surface area contributed by atoms with E-state index in [1.165, 1.54) is 23.2 Å². The van der Waals surface area contributed by atoms with E-state index in [9.17, 15) is 4.79 Å². The lowest BCUT2D eigenvalue weighted by molar-refractivity contribution is 0.0289. The summed E-state index contributed by atoms with van der Waals surface area (Å²) >= 11 is 0. The molecule has 2 aliphatic rings. The van der Waals surface area contributed by atoms with Crippen LogP contribution in [0.1, 0.15) is 54.3 Å². The number of amides is 1. The van der Waals surface area contributed by atoms with Crippen LogP contribution in [-0.2, 0) is 11.2 Å². The molecule has 0 radical (unpaired) electrons. The maximum atomic E-state index is 12.5. The third-order valence-electron chi connectivity index (χ3n) is 6.99. The lowest BCUT2D eigenvalue weighted by Gasteiger charge is -2.37. The number of carbonyl (C=O) groups is 1. The minimum atomic E-state index is -0.0806. The van der Waals surface area contributed by atoms with Crippen LogP contribution >= 0.6 is 0 Å². The summed E-state index contributed by atoms with van der Waals surface area (Å²) < 4.78 is 11.4. The number of ether oxygens (including phenoxy) is 2. The van der Waals surface area contributed by atoms with E-state index in [2.05, 4.69) is 53.2 Å². The number of fused-ring (bicyclic) bond motifs is 1. The van der Waals surface area contributed by atoms with Crippen molar-refractivity contribution in [1.82, 2.24) is 4.90 Å². The van der Waals surface area contributed by atoms with E-state index >= 15 is 0 Å². The lowest BCUT2D eigenvalue weighted by Crippen LogP contribution is -2.46. The molecule has 3 aromatic rings. The number of piperazine rings is 1. The van der Waals surface area contributed by atoms with E-state index in [1.807, 2.05) is 48.5 Å². The molecule has 5 rings (SSSR count). The zero-order valence-electron chi connectivity index (χ0n) is 23.0. The van der Waals surface area contributed by atoms with Crippen LogP contribution in [0.5, 0.6) is 5.75 Å². The van der Waals surface area contributed by atoms with Gasteiger partial charge in [-0.05, 0) is 72.5 Å². The van der Waals surface area contributed by atoms with Gasteiger partial charge in [-0.3, -0.25) is 9.69 Å². The Morgan fingerprint density at radius 3 is 2.37 bits per heavy atom. The van der Waals surface area contributed by atoms with Gasteiger partial charge in [0.25, 0.3) is 5.91 Å². The molecule has 0 aliphatic carbocycles. The molecule has 1 unspecified atom stereocenters. The second-order valence-electron chi connectivity index (χ2n) is 9.87. The molecule has 2 heterocycles. The molecule has 3 aromatic carbocycles. The number of carbonyl (C=O) groups excluding carboxylic acids is 1. The highest BCUT2D eigenvalue weighted by Crippen LogP contribution is 2.32. The lowest BCUT2D eigenvalue weighted by atomic mass is 9.95. The van der Waals surface area contributed by atoms with E-state index in [4.69, 9.17) is 9.47 Å². The van der Waals surface area contributed by atoms with Crippen molar-refractivity contribution in [1.29, 1.82) is 0 Å². The minimum absolute atomic E-state index is 0.0806. The summed E-state index contributed by atoms with van der Waals surface area (Å²) in [6.07, 6.45) is 3.21. The normalized spacial score (nSPS) is 17.1. The Morgan fingerprint density at radius 2 is 1.68 bits per heavy atom. The molecular formula is C32H41N3O3. The molecule has 1 fully saturated rings. The van der Waals surface area contributed by atoms with Gasteiger partial charge in [-0.25, -0.2) is 0 Å². The summed E-state index contributed by atoms with van der Waals surface area (Å²) in [5.41, 5.74) is 5.29. The van der Waals surface area contributed by atoms with Gasteiger partial charge >= 0.3 is 0 Å². The number of hydrogen-bond donors (Lipinski definition) is 1. The highest BCUT2D eigenvalue weighted by molar-refractivity contribution is 6.04. The Balaban J connectivity index is 0.00000107. The van der Waals surface area contributed by atoms with Crippen LogP contribution in [0.15, 0.2) is 72.8 Å². The SMILES string of the molecule is CCC.COc1ccc(N2CCN(CCC3OCCc4cc(NC(=O)c5ccccc5)ccc43)CC2)cc1. The van der Waals surface area contributed by atoms with Crippen molar-refractivity contribution in [2.45, 2.75) is 39.2 Å². The molecule has 1 saturated heterocycles. The quantitative estimate of drug-likeness (QED) is 0.407. The summed E-state index contributed by atoms with van der Waals surface area (Å²) in [6.45, 7) is 10.1. The van der Waals surface area contributed by atoms with Crippen LogP contribution in [-0.4, -0.2) is 57.2 Å². The third-order valence-corrected chi connectivity index (χ3v) is 6.99. The molecule has 1 N–H and O–H groups in total. The van der Waals surface area contributed by atoms with Gasteiger partial charge in [-0.15, -0.1) is 0 Å². The summed E-state index contributed by atoms with van der Waals surface area (Å²) in [5, 5.41) is 3.03. The topological polar surface area (TPSA) is 54.0 Å². The van der Waals surface area contributed by atoms with Crippen LogP contribution in [0.2, 0.25) is 0 Å². The largest absolute Gasteiger partial charge is 0.497 e. The van der Waals surface area contributed by atoms with Crippen LogP contribution in [0.25, 0.3) is 0 Å². The Bertz CT molecular complexity index is 1140. The Morgan fingerprint density at radius 1 is 0.974 bits per heavy atom. The highest BCUT2D eigenvalue weighted by Gasteiger charge is 2.24. The highest BCUT2D eigenvalue weighted by atomic mass is 16.5. The maximum absolute atomic E-state index is 12.5. The fourth-order valence-electron chi connectivity index (χ4n) is 4.97. The van der Waals surface area contributed by atoms with Crippen LogP contribution in [0.3, 0.4) is 0 Å². The van der Waals surface area contributed by atoms with Gasteiger partial charge in [0, 0.05) is 49.7 Å². The van der Waals surface area contributed by atoms with Gasteiger partial charge in [0.1, 0.15) is 5.75 Å². The number of hydrogen-bond acceptors (Lipinski definition) is 5. The molecule has 38 heavy (non-hydrogen) atoms. The molecule has 2 aliphatic heterocycles. The van der Waals surface area contributed by atoms with Crippen molar-refractivity contribution in [3.05, 3.63) is 89.5 Å². The van der Waals surface area contributed by atoms with E-state index in [1.54, 1.807) is 7.11 Å². The van der Waals surface area contributed by atoms with Crippen LogP contribution < -0.4 is 15.0 Å². The van der Waals surface area contributed by atoms with Crippen molar-refractivity contribution >= 4 is 17.3 Å². The van der Waals surface area contributed by atoms with E-state index < -0.39 is 0 Å². The molecule has 0 bridgehead atoms. The maximum Gasteiger partial charge on any atom is 0.255 e. The molecule has 1 atom stereocenters. The van der Waals surface area contributed by atoms with Crippen molar-refractivity contribution < 1.29 is 14.3 Å². The predicted octanol–water partition coefficient (Wildman–Crippen LogP) is 6.19. The molecule has 6 nitrogen and oxygen atoms in total. The monoisotopic (exact) mass is 515 g/mol. The van der Waals surface area contributed by atoms with Gasteiger partial charge in [0.15, 0.2) is 0 Å². The van der Waals surface area contributed by atoms with Gasteiger partial charge in [-0.1, -0.05) is 44.5 Å². The average Bonchev–Trinajstić information content (AvgIpc) is 2.97. The first-order valence-corrected chi connectivity index (χ1v) is 13.8. The average molecular weight is 516 g/mol. The van der Waals surface area contributed by atoms with Crippen molar-refractivity contribution in [2.75, 3.05) is 56.7 Å². The number of benzene rings is 3. The van der Waals surface area contributed by atoms with Crippen molar-refractivity contribution in [3.8, 4) is 5.75 Å². The standard InChI is InChI=1S/C29H33N3O3.C3H8/c1-34-26-10-8-25(9-11-26)32-18-16-31(17-19-32)15-13-28-27-12-7-24(21-23(27)14-20-35-28)30-29(33)22-5-3-2-4-6-22;1-3-2/h2-12,21,28H,13-20H2,1H3,(H,30,33);3H2,1-2H3. The zero-order chi connectivity index (χ0) is 26.7. The second kappa shape index (κ2) is 14.0. The summed E-state index contributed by atoms with van der Waals surface area (Å²) in [4.78, 5) is 17.5. The molecule has 1 amide bonds. The summed E-state index contributed by atoms with van der Waals surface area (Å²) in [5.74, 6) is 0.814. The van der Waals surface area contributed by atoms with Crippen molar-refractivity contribution in [2.24, 2.45) is 0 Å². The Labute approximate surface area is 227 Å². The molecular weight excluding hydrogens is 474 g/mol. The van der Waals surface area contributed by atoms with Crippen molar-refractivity contribution in [3.63, 3.8) is 0 Å². The molecule has 0 saturated carbocycles. The van der Waals surface area contributed by atoms with Gasteiger partial charge in [-0.2, -0.15) is 0 Å². The number of nitrogens with one attached hydrogen (secondary N) is 1. The number of methoxy groups -OCH3 is 1. The zero-order valence-corrected chi connectivity index (χ0v) is 23.0. The Hall–Kier alpha value is -3.35. The minimum Gasteiger partial charge on any atom is -0.497 e. The molecule has 6 heteroatoms. The molecule has 202 valence electrons. The first-order valence-electron chi connectivity index (χ1n) is 13.8. The van der Waals surface area contributed by atoms with Crippen LogP contribution in [0.4, 0.5) is 11.4 Å². The van der Waals surface area contributed by atoms with E-state index in [-0.39, 0.29) is 12.0 Å². The Kier molecular flexibility index (Phi) is 10.2. The summed E-state index contributed by atoms with van der Waals surface area (Å²) in [7, 11) is 1.70. The first kappa shape index (κ1) is 27.7. The number of rotatable bonds is 7.